The van der Waals surface area contributed by atoms with Crippen molar-refractivity contribution >= 4 is 27.8 Å². The Kier molecular flexibility index (Phi) is 4.24. The summed E-state index contributed by atoms with van der Waals surface area (Å²) in [5.41, 5.74) is 1.47. The van der Waals surface area contributed by atoms with Crippen LogP contribution in [0.25, 0.3) is 0 Å². The molecule has 0 aliphatic heterocycles. The van der Waals surface area contributed by atoms with Crippen LogP contribution < -0.4 is 5.32 Å². The molecule has 0 aromatic heterocycles. The van der Waals surface area contributed by atoms with Crippen LogP contribution in [0.2, 0.25) is 0 Å². The van der Waals surface area contributed by atoms with Gasteiger partial charge in [0.1, 0.15) is 0 Å². The third-order valence-corrected chi connectivity index (χ3v) is 3.83. The van der Waals surface area contributed by atoms with Crippen molar-refractivity contribution in [1.82, 2.24) is 5.32 Å². The van der Waals surface area contributed by atoms with Crippen LogP contribution in [0.1, 0.15) is 35.2 Å². The Morgan fingerprint density at radius 1 is 1.47 bits per heavy atom. The summed E-state index contributed by atoms with van der Waals surface area (Å²) >= 11 is 3.35. The van der Waals surface area contributed by atoms with Gasteiger partial charge in [-0.2, -0.15) is 0 Å². The Morgan fingerprint density at radius 2 is 2.16 bits per heavy atom. The number of hydrogen-bond acceptors (Lipinski definition) is 2. The first kappa shape index (κ1) is 14.1. The Hall–Kier alpha value is -1.36. The van der Waals surface area contributed by atoms with Crippen LogP contribution in [0.3, 0.4) is 0 Å². The largest absolute Gasteiger partial charge is 0.481 e. The van der Waals surface area contributed by atoms with Crippen LogP contribution in [0.5, 0.6) is 0 Å². The first-order valence-corrected chi connectivity index (χ1v) is 7.05. The SMILES string of the molecule is Cc1cc(Br)ccc1C(=O)NC(CC(=O)O)C1CC1. The van der Waals surface area contributed by atoms with E-state index in [2.05, 4.69) is 21.2 Å². The van der Waals surface area contributed by atoms with Crippen LogP contribution in [0, 0.1) is 12.8 Å². The van der Waals surface area contributed by atoms with Crippen molar-refractivity contribution in [3.63, 3.8) is 0 Å². The lowest BCUT2D eigenvalue weighted by Crippen LogP contribution is -2.38. The van der Waals surface area contributed by atoms with Gasteiger partial charge in [-0.25, -0.2) is 0 Å². The number of amides is 1. The summed E-state index contributed by atoms with van der Waals surface area (Å²) < 4.78 is 0.922. The Labute approximate surface area is 120 Å². The molecule has 1 saturated carbocycles. The monoisotopic (exact) mass is 325 g/mol. The van der Waals surface area contributed by atoms with E-state index in [1.165, 1.54) is 0 Å². The summed E-state index contributed by atoms with van der Waals surface area (Å²) in [4.78, 5) is 23.0. The highest BCUT2D eigenvalue weighted by Crippen LogP contribution is 2.34. The van der Waals surface area contributed by atoms with Crippen LogP contribution in [-0.2, 0) is 4.79 Å². The highest BCUT2D eigenvalue weighted by Gasteiger charge is 2.34. The number of rotatable bonds is 5. The maximum absolute atomic E-state index is 12.2. The quantitative estimate of drug-likeness (QED) is 0.874. The molecule has 102 valence electrons. The van der Waals surface area contributed by atoms with Crippen molar-refractivity contribution < 1.29 is 14.7 Å². The molecule has 19 heavy (non-hydrogen) atoms. The number of carbonyl (C=O) groups excluding carboxylic acids is 1. The highest BCUT2D eigenvalue weighted by molar-refractivity contribution is 9.10. The standard InChI is InChI=1S/C14H16BrNO3/c1-8-6-10(15)4-5-11(8)14(19)16-12(7-13(17)18)9-2-3-9/h4-6,9,12H,2-3,7H2,1H3,(H,16,19)(H,17,18). The normalized spacial score (nSPS) is 15.9. The Bertz CT molecular complexity index is 511. The first-order valence-electron chi connectivity index (χ1n) is 6.26. The number of halogens is 1. The van der Waals surface area contributed by atoms with Crippen molar-refractivity contribution in [2.45, 2.75) is 32.2 Å². The molecule has 0 bridgehead atoms. The van der Waals surface area contributed by atoms with Crippen molar-refractivity contribution in [3.8, 4) is 0 Å². The van der Waals surface area contributed by atoms with Crippen LogP contribution in [-0.4, -0.2) is 23.0 Å². The molecule has 1 atom stereocenters. The van der Waals surface area contributed by atoms with E-state index in [4.69, 9.17) is 5.11 Å². The van der Waals surface area contributed by atoms with Gasteiger partial charge in [0.25, 0.3) is 5.91 Å². The van der Waals surface area contributed by atoms with Gasteiger partial charge in [0.05, 0.1) is 6.42 Å². The number of carbonyl (C=O) groups is 2. The number of nitrogens with one attached hydrogen (secondary N) is 1. The number of hydrogen-bond donors (Lipinski definition) is 2. The molecular weight excluding hydrogens is 310 g/mol. The molecule has 2 N–H and O–H groups in total. The average molecular weight is 326 g/mol. The molecule has 1 amide bonds. The number of aliphatic carboxylic acids is 1. The molecule has 0 spiro atoms. The number of aryl methyl sites for hydroxylation is 1. The zero-order valence-electron chi connectivity index (χ0n) is 10.6. The van der Waals surface area contributed by atoms with Gasteiger partial charge in [-0.15, -0.1) is 0 Å². The lowest BCUT2D eigenvalue weighted by Gasteiger charge is -2.17. The van der Waals surface area contributed by atoms with Crippen LogP contribution in [0.15, 0.2) is 22.7 Å². The van der Waals surface area contributed by atoms with Crippen LogP contribution >= 0.6 is 15.9 Å². The van der Waals surface area contributed by atoms with Gasteiger partial charge in [0.15, 0.2) is 0 Å². The van der Waals surface area contributed by atoms with Gasteiger partial charge in [-0.3, -0.25) is 9.59 Å². The van der Waals surface area contributed by atoms with Crippen molar-refractivity contribution in [2.75, 3.05) is 0 Å². The van der Waals surface area contributed by atoms with Crippen molar-refractivity contribution in [2.24, 2.45) is 5.92 Å². The van der Waals surface area contributed by atoms with E-state index in [0.717, 1.165) is 22.9 Å². The minimum absolute atomic E-state index is 0.00795. The summed E-state index contributed by atoms with van der Waals surface area (Å²) in [5.74, 6) is -0.747. The number of carboxylic acid groups (broad SMARTS) is 1. The van der Waals surface area contributed by atoms with Gasteiger partial charge in [-0.1, -0.05) is 15.9 Å². The third-order valence-electron chi connectivity index (χ3n) is 3.34. The van der Waals surface area contributed by atoms with Gasteiger partial charge in [0.2, 0.25) is 0 Å². The fourth-order valence-corrected chi connectivity index (χ4v) is 2.63. The predicted octanol–water partition coefficient (Wildman–Crippen LogP) is 2.74. The van der Waals surface area contributed by atoms with Gasteiger partial charge < -0.3 is 10.4 Å². The molecule has 2 rings (SSSR count). The minimum atomic E-state index is -0.871. The molecule has 4 nitrogen and oxygen atoms in total. The summed E-state index contributed by atoms with van der Waals surface area (Å²) in [6.07, 6.45) is 1.99. The summed E-state index contributed by atoms with van der Waals surface area (Å²) in [6.45, 7) is 1.86. The topological polar surface area (TPSA) is 66.4 Å². The second-order valence-corrected chi connectivity index (χ2v) is 5.89. The zero-order chi connectivity index (χ0) is 14.0. The predicted molar refractivity (Wildman–Crippen MR) is 75.1 cm³/mol. The van der Waals surface area contributed by atoms with E-state index < -0.39 is 5.97 Å². The van der Waals surface area contributed by atoms with E-state index in [1.807, 2.05) is 19.1 Å². The van der Waals surface area contributed by atoms with E-state index in [1.54, 1.807) is 6.07 Å². The summed E-state index contributed by atoms with van der Waals surface area (Å²) in [5, 5.41) is 11.7. The van der Waals surface area contributed by atoms with Gasteiger partial charge >= 0.3 is 5.97 Å². The average Bonchev–Trinajstić information content (AvgIpc) is 3.10. The van der Waals surface area contributed by atoms with E-state index in [-0.39, 0.29) is 18.4 Å². The third kappa shape index (κ3) is 3.80. The number of carboxylic acids is 1. The molecule has 1 unspecified atom stereocenters. The highest BCUT2D eigenvalue weighted by atomic mass is 79.9. The molecule has 0 heterocycles. The lowest BCUT2D eigenvalue weighted by atomic mass is 10.1. The van der Waals surface area contributed by atoms with Crippen molar-refractivity contribution in [3.05, 3.63) is 33.8 Å². The second kappa shape index (κ2) is 5.74. The Morgan fingerprint density at radius 3 is 2.68 bits per heavy atom. The summed E-state index contributed by atoms with van der Waals surface area (Å²) in [7, 11) is 0. The maximum atomic E-state index is 12.2. The minimum Gasteiger partial charge on any atom is -0.481 e. The summed E-state index contributed by atoms with van der Waals surface area (Å²) in [6, 6.07) is 5.18. The molecule has 1 fully saturated rings. The van der Waals surface area contributed by atoms with Gasteiger partial charge in [0, 0.05) is 16.1 Å². The lowest BCUT2D eigenvalue weighted by molar-refractivity contribution is -0.137. The second-order valence-electron chi connectivity index (χ2n) is 4.97. The number of benzene rings is 1. The fourth-order valence-electron chi connectivity index (χ4n) is 2.15. The molecule has 0 radical (unpaired) electrons. The van der Waals surface area contributed by atoms with E-state index in [9.17, 15) is 9.59 Å². The van der Waals surface area contributed by atoms with Gasteiger partial charge in [-0.05, 0) is 49.4 Å². The smallest absolute Gasteiger partial charge is 0.305 e. The molecule has 1 aromatic carbocycles. The molecule has 1 aliphatic rings. The zero-order valence-corrected chi connectivity index (χ0v) is 12.2. The molecule has 0 saturated heterocycles. The molecule has 5 heteroatoms. The first-order chi connectivity index (χ1) is 8.97. The fraction of sp³-hybridized carbons (Fsp3) is 0.429. The van der Waals surface area contributed by atoms with E-state index >= 15 is 0 Å². The maximum Gasteiger partial charge on any atom is 0.305 e. The van der Waals surface area contributed by atoms with Crippen LogP contribution in [0.4, 0.5) is 0 Å². The molecule has 1 aliphatic carbocycles. The molecule has 1 aromatic rings. The Balaban J connectivity index is 2.08. The van der Waals surface area contributed by atoms with E-state index in [0.29, 0.717) is 11.5 Å². The van der Waals surface area contributed by atoms with Crippen molar-refractivity contribution in [1.29, 1.82) is 0 Å². The molecular formula is C14H16BrNO3.